The lowest BCUT2D eigenvalue weighted by atomic mass is 9.82. The fraction of sp³-hybridized carbons (Fsp3) is 0.611. The molecule has 3 rings (SSSR count). The molecule has 1 N–H and O–H groups in total. The van der Waals surface area contributed by atoms with E-state index in [9.17, 15) is 10.0 Å². The molecule has 0 bridgehead atoms. The lowest BCUT2D eigenvalue weighted by molar-refractivity contribution is -0.129. The molecule has 0 radical (unpaired) electrons. The normalized spacial score (nSPS) is 31.6. The van der Waals surface area contributed by atoms with Gasteiger partial charge in [0, 0.05) is 36.1 Å². The fourth-order valence-electron chi connectivity index (χ4n) is 4.10. The quantitative estimate of drug-likeness (QED) is 0.796. The highest BCUT2D eigenvalue weighted by molar-refractivity contribution is 5.85. The zero-order chi connectivity index (χ0) is 16.6. The van der Waals surface area contributed by atoms with E-state index in [0.29, 0.717) is 0 Å². The summed E-state index contributed by atoms with van der Waals surface area (Å²) in [6, 6.07) is 0. The summed E-state index contributed by atoms with van der Waals surface area (Å²) >= 11 is 0. The molecule has 1 spiro atoms. The van der Waals surface area contributed by atoms with Crippen molar-refractivity contribution in [3.8, 4) is 0 Å². The van der Waals surface area contributed by atoms with E-state index in [-0.39, 0.29) is 17.2 Å². The molecule has 5 nitrogen and oxygen atoms in total. The van der Waals surface area contributed by atoms with E-state index in [0.717, 1.165) is 61.7 Å². The minimum Gasteiger partial charge on any atom is -0.759 e. The Balaban J connectivity index is 1.75. The van der Waals surface area contributed by atoms with Gasteiger partial charge in [0.15, 0.2) is 0 Å². The van der Waals surface area contributed by atoms with Gasteiger partial charge in [-0.15, -0.1) is 0 Å². The molecule has 23 heavy (non-hydrogen) atoms. The molecule has 1 aliphatic carbocycles. The van der Waals surface area contributed by atoms with Crippen molar-refractivity contribution in [2.24, 2.45) is 11.3 Å². The van der Waals surface area contributed by atoms with Crippen molar-refractivity contribution in [3.63, 3.8) is 0 Å². The van der Waals surface area contributed by atoms with Gasteiger partial charge in [-0.3, -0.25) is 4.79 Å². The molecule has 0 aromatic heterocycles. The molecule has 2 fully saturated rings. The van der Waals surface area contributed by atoms with Crippen molar-refractivity contribution >= 4 is 5.91 Å². The first-order valence-corrected chi connectivity index (χ1v) is 8.47. The molecule has 2 heterocycles. The van der Waals surface area contributed by atoms with Crippen LogP contribution >= 0.6 is 0 Å². The summed E-state index contributed by atoms with van der Waals surface area (Å²) in [4.78, 5) is 14.9. The average molecular weight is 316 g/mol. The Morgan fingerprint density at radius 3 is 2.91 bits per heavy atom. The number of likely N-dealkylation sites (tertiary alicyclic amines) is 1. The van der Waals surface area contributed by atoms with Crippen LogP contribution in [0.1, 0.15) is 39.0 Å². The SMILES string of the molecule is C=C1CCCC2(CCN(C3=CC=C(N(C)[O-])C(C)C3)C2)C(=O)N1. The van der Waals surface area contributed by atoms with Crippen LogP contribution in [0.15, 0.2) is 35.8 Å². The largest absolute Gasteiger partial charge is 0.759 e. The van der Waals surface area contributed by atoms with Gasteiger partial charge in [-0.25, -0.2) is 0 Å². The predicted octanol–water partition coefficient (Wildman–Crippen LogP) is 2.73. The first kappa shape index (κ1) is 16.1. The van der Waals surface area contributed by atoms with E-state index in [1.165, 1.54) is 5.70 Å². The van der Waals surface area contributed by atoms with Crippen molar-refractivity contribution in [2.75, 3.05) is 20.1 Å². The van der Waals surface area contributed by atoms with Crippen LogP contribution in [0.4, 0.5) is 0 Å². The van der Waals surface area contributed by atoms with Crippen LogP contribution in [0, 0.1) is 16.5 Å². The van der Waals surface area contributed by atoms with Gasteiger partial charge in [0.1, 0.15) is 0 Å². The molecular weight excluding hydrogens is 290 g/mol. The van der Waals surface area contributed by atoms with Gasteiger partial charge >= 0.3 is 0 Å². The molecular formula is C18H26N3O2-. The molecule has 0 saturated carbocycles. The van der Waals surface area contributed by atoms with Crippen molar-refractivity contribution in [1.29, 1.82) is 0 Å². The molecule has 126 valence electrons. The minimum atomic E-state index is -0.275. The molecule has 0 aromatic carbocycles. The van der Waals surface area contributed by atoms with Crippen LogP contribution in [0.2, 0.25) is 0 Å². The molecule has 0 aromatic rings. The van der Waals surface area contributed by atoms with Crippen LogP contribution in [0.5, 0.6) is 0 Å². The Kier molecular flexibility index (Phi) is 4.23. The molecule has 3 aliphatic rings. The van der Waals surface area contributed by atoms with Crippen molar-refractivity contribution < 1.29 is 4.79 Å². The van der Waals surface area contributed by atoms with Gasteiger partial charge in [-0.2, -0.15) is 0 Å². The van der Waals surface area contributed by atoms with Crippen LogP contribution in [-0.2, 0) is 4.79 Å². The van der Waals surface area contributed by atoms with Gasteiger partial charge in [-0.1, -0.05) is 13.5 Å². The average Bonchev–Trinajstić information content (AvgIpc) is 2.86. The number of nitrogens with one attached hydrogen (secondary N) is 1. The van der Waals surface area contributed by atoms with Crippen molar-refractivity contribution in [2.45, 2.75) is 39.0 Å². The number of hydrogen-bond acceptors (Lipinski definition) is 4. The second-order valence-corrected chi connectivity index (χ2v) is 7.22. The first-order valence-electron chi connectivity index (χ1n) is 8.47. The molecule has 2 aliphatic heterocycles. The van der Waals surface area contributed by atoms with Crippen LogP contribution in [0.3, 0.4) is 0 Å². The summed E-state index contributed by atoms with van der Waals surface area (Å²) in [5.41, 5.74) is 2.65. The second-order valence-electron chi connectivity index (χ2n) is 7.22. The maximum absolute atomic E-state index is 12.6. The van der Waals surface area contributed by atoms with E-state index in [1.54, 1.807) is 7.05 Å². The third-order valence-electron chi connectivity index (χ3n) is 5.50. The third kappa shape index (κ3) is 3.02. The summed E-state index contributed by atoms with van der Waals surface area (Å²) < 4.78 is 0. The molecule has 2 saturated heterocycles. The summed E-state index contributed by atoms with van der Waals surface area (Å²) in [5.74, 6) is 0.360. The zero-order valence-corrected chi connectivity index (χ0v) is 14.1. The van der Waals surface area contributed by atoms with E-state index >= 15 is 0 Å². The van der Waals surface area contributed by atoms with Gasteiger partial charge in [0.2, 0.25) is 5.91 Å². The van der Waals surface area contributed by atoms with Crippen molar-refractivity contribution in [3.05, 3.63) is 41.0 Å². The van der Waals surface area contributed by atoms with Crippen LogP contribution in [-0.4, -0.2) is 36.0 Å². The van der Waals surface area contributed by atoms with Crippen LogP contribution < -0.4 is 5.32 Å². The van der Waals surface area contributed by atoms with E-state index in [4.69, 9.17) is 0 Å². The second kappa shape index (κ2) is 6.04. The number of carbonyl (C=O) groups is 1. The smallest absolute Gasteiger partial charge is 0.232 e. The summed E-state index contributed by atoms with van der Waals surface area (Å²) in [5, 5.41) is 15.5. The molecule has 2 atom stereocenters. The molecule has 1 amide bonds. The highest BCUT2D eigenvalue weighted by atomic mass is 16.5. The third-order valence-corrected chi connectivity index (χ3v) is 5.50. The predicted molar refractivity (Wildman–Crippen MR) is 90.8 cm³/mol. The lowest BCUT2D eigenvalue weighted by Crippen LogP contribution is -2.41. The molecule has 5 heteroatoms. The van der Waals surface area contributed by atoms with Crippen molar-refractivity contribution in [1.82, 2.24) is 15.3 Å². The highest BCUT2D eigenvalue weighted by Crippen LogP contribution is 2.41. The zero-order valence-electron chi connectivity index (χ0n) is 14.1. The highest BCUT2D eigenvalue weighted by Gasteiger charge is 2.45. The Hall–Kier alpha value is -1.75. The maximum atomic E-state index is 12.6. The number of allylic oxidation sites excluding steroid dienone is 5. The Morgan fingerprint density at radius 2 is 2.22 bits per heavy atom. The van der Waals surface area contributed by atoms with Gasteiger partial charge in [0.25, 0.3) is 0 Å². The summed E-state index contributed by atoms with van der Waals surface area (Å²) in [7, 11) is 1.55. The Labute approximate surface area is 138 Å². The van der Waals surface area contributed by atoms with E-state index in [2.05, 4.69) is 29.8 Å². The Bertz CT molecular complexity index is 579. The van der Waals surface area contributed by atoms with Crippen LogP contribution in [0.25, 0.3) is 0 Å². The van der Waals surface area contributed by atoms with Gasteiger partial charge in [-0.05, 0) is 51.3 Å². The van der Waals surface area contributed by atoms with Gasteiger partial charge < -0.3 is 20.5 Å². The van der Waals surface area contributed by atoms with E-state index in [1.807, 2.05) is 6.08 Å². The number of hydrogen-bond donors (Lipinski definition) is 1. The maximum Gasteiger partial charge on any atom is 0.232 e. The fourth-order valence-corrected chi connectivity index (χ4v) is 4.10. The van der Waals surface area contributed by atoms with E-state index < -0.39 is 0 Å². The topological polar surface area (TPSA) is 58.6 Å². The lowest BCUT2D eigenvalue weighted by Gasteiger charge is -2.36. The number of rotatable bonds is 2. The number of carbonyl (C=O) groups excluding carboxylic acids is 1. The minimum absolute atomic E-state index is 0.141. The van der Waals surface area contributed by atoms with Gasteiger partial charge in [0.05, 0.1) is 5.41 Å². The summed E-state index contributed by atoms with van der Waals surface area (Å²) in [6.07, 6.45) is 8.58. The Morgan fingerprint density at radius 1 is 1.43 bits per heavy atom. The molecule has 2 unspecified atom stereocenters. The first-order chi connectivity index (χ1) is 10.9. The number of nitrogens with zero attached hydrogens (tertiary/aromatic N) is 2. The monoisotopic (exact) mass is 316 g/mol. The number of amides is 1. The number of hydroxylamine groups is 2. The standard InChI is InChI=1S/C18H26N3O2/c1-13-11-15(6-7-16(13)20(3)23)21-10-9-18(12-21)8-4-5-14(2)19-17(18)22/h6-7,13H,2,4-5,8-12H2,1,3H3,(H,19,22)/q-1. The summed E-state index contributed by atoms with van der Waals surface area (Å²) in [6.45, 7) is 7.70.